The van der Waals surface area contributed by atoms with Crippen LogP contribution in [0.3, 0.4) is 0 Å². The molecule has 0 saturated heterocycles. The summed E-state index contributed by atoms with van der Waals surface area (Å²) in [5.41, 5.74) is 0. The van der Waals surface area contributed by atoms with Crippen LogP contribution in [0.25, 0.3) is 0 Å². The number of rotatable bonds is 4. The van der Waals surface area contributed by atoms with Gasteiger partial charge in [0.1, 0.15) is 6.10 Å². The summed E-state index contributed by atoms with van der Waals surface area (Å²) in [6, 6.07) is 0. The van der Waals surface area contributed by atoms with Crippen molar-refractivity contribution in [2.24, 2.45) is 5.92 Å². The lowest BCUT2D eigenvalue weighted by Gasteiger charge is -2.22. The fraction of sp³-hybridized carbons (Fsp3) is 0.929. The van der Waals surface area contributed by atoms with Crippen LogP contribution in [0.1, 0.15) is 70.6 Å². The third-order valence-electron chi connectivity index (χ3n) is 4.08. The molecule has 2 fully saturated rings. The van der Waals surface area contributed by atoms with Crippen LogP contribution in [0.4, 0.5) is 0 Å². The van der Waals surface area contributed by atoms with E-state index >= 15 is 0 Å². The second-order valence-corrected chi connectivity index (χ2v) is 5.44. The first-order chi connectivity index (χ1) is 7.84. The molecule has 0 spiro atoms. The predicted molar refractivity (Wildman–Crippen MR) is 64.2 cm³/mol. The Balaban J connectivity index is 1.59. The highest BCUT2D eigenvalue weighted by Gasteiger charge is 2.20. The first kappa shape index (κ1) is 11.9. The van der Waals surface area contributed by atoms with Crippen LogP contribution in [0.5, 0.6) is 0 Å². The van der Waals surface area contributed by atoms with E-state index in [-0.39, 0.29) is 12.1 Å². The van der Waals surface area contributed by atoms with Crippen LogP contribution >= 0.6 is 0 Å². The van der Waals surface area contributed by atoms with Gasteiger partial charge in [0.25, 0.3) is 0 Å². The minimum Gasteiger partial charge on any atom is -0.462 e. The fourth-order valence-electron chi connectivity index (χ4n) is 3.05. The van der Waals surface area contributed by atoms with Crippen molar-refractivity contribution < 1.29 is 9.53 Å². The number of ether oxygens (including phenoxy) is 1. The summed E-state index contributed by atoms with van der Waals surface area (Å²) in [6.45, 7) is 0. The average molecular weight is 224 g/mol. The van der Waals surface area contributed by atoms with E-state index < -0.39 is 0 Å². The SMILES string of the molecule is O=C(CCC1CCCC1)OC1CCCCC1. The Hall–Kier alpha value is -0.530. The molecule has 2 heteroatoms. The number of carbonyl (C=O) groups excluding carboxylic acids is 1. The smallest absolute Gasteiger partial charge is 0.306 e. The fourth-order valence-corrected chi connectivity index (χ4v) is 3.05. The Morgan fingerprint density at radius 1 is 0.938 bits per heavy atom. The van der Waals surface area contributed by atoms with Crippen LogP contribution in [0, 0.1) is 5.92 Å². The largest absolute Gasteiger partial charge is 0.462 e. The summed E-state index contributed by atoms with van der Waals surface area (Å²) in [6.07, 6.45) is 13.3. The summed E-state index contributed by atoms with van der Waals surface area (Å²) in [5.74, 6) is 0.859. The third kappa shape index (κ3) is 3.80. The molecule has 0 N–H and O–H groups in total. The predicted octanol–water partition coefficient (Wildman–Crippen LogP) is 3.83. The van der Waals surface area contributed by atoms with Gasteiger partial charge in [-0.2, -0.15) is 0 Å². The molecule has 2 saturated carbocycles. The maximum Gasteiger partial charge on any atom is 0.306 e. The van der Waals surface area contributed by atoms with E-state index in [4.69, 9.17) is 4.74 Å². The van der Waals surface area contributed by atoms with Gasteiger partial charge >= 0.3 is 5.97 Å². The minimum absolute atomic E-state index is 0.0544. The maximum absolute atomic E-state index is 11.6. The van der Waals surface area contributed by atoms with Crippen LogP contribution in [-0.4, -0.2) is 12.1 Å². The summed E-state index contributed by atoms with van der Waals surface area (Å²) >= 11 is 0. The highest BCUT2D eigenvalue weighted by atomic mass is 16.5. The molecule has 16 heavy (non-hydrogen) atoms. The highest BCUT2D eigenvalue weighted by molar-refractivity contribution is 5.69. The standard InChI is InChI=1S/C14H24O2/c15-14(11-10-12-6-4-5-7-12)16-13-8-2-1-3-9-13/h12-13H,1-11H2. The van der Waals surface area contributed by atoms with Crippen LogP contribution in [0.15, 0.2) is 0 Å². The molecule has 0 aromatic carbocycles. The molecule has 2 aliphatic rings. The maximum atomic E-state index is 11.6. The topological polar surface area (TPSA) is 26.3 Å². The van der Waals surface area contributed by atoms with Crippen LogP contribution in [0.2, 0.25) is 0 Å². The molecule has 0 amide bonds. The Morgan fingerprint density at radius 2 is 1.56 bits per heavy atom. The second-order valence-electron chi connectivity index (χ2n) is 5.44. The zero-order valence-corrected chi connectivity index (χ0v) is 10.2. The normalized spacial score (nSPS) is 23.5. The summed E-state index contributed by atoms with van der Waals surface area (Å²) in [4.78, 5) is 11.6. The summed E-state index contributed by atoms with van der Waals surface area (Å²) in [7, 11) is 0. The van der Waals surface area contributed by atoms with E-state index in [2.05, 4.69) is 0 Å². The second kappa shape index (κ2) is 6.27. The van der Waals surface area contributed by atoms with Crippen LogP contribution < -0.4 is 0 Å². The van der Waals surface area contributed by atoms with Crippen molar-refractivity contribution in [1.82, 2.24) is 0 Å². The van der Waals surface area contributed by atoms with Crippen molar-refractivity contribution in [1.29, 1.82) is 0 Å². The molecule has 0 bridgehead atoms. The van der Waals surface area contributed by atoms with Gasteiger partial charge in [0, 0.05) is 6.42 Å². The molecule has 0 aromatic rings. The van der Waals surface area contributed by atoms with E-state index in [9.17, 15) is 4.79 Å². The zero-order valence-electron chi connectivity index (χ0n) is 10.2. The average Bonchev–Trinajstić information content (AvgIpc) is 2.81. The van der Waals surface area contributed by atoms with Crippen molar-refractivity contribution in [2.45, 2.75) is 76.7 Å². The van der Waals surface area contributed by atoms with E-state index in [1.807, 2.05) is 0 Å². The van der Waals surface area contributed by atoms with Crippen LogP contribution in [-0.2, 0) is 9.53 Å². The lowest BCUT2D eigenvalue weighted by Crippen LogP contribution is -2.21. The molecule has 2 rings (SSSR count). The number of carbonyl (C=O) groups is 1. The molecule has 0 unspecified atom stereocenters. The quantitative estimate of drug-likeness (QED) is 0.678. The van der Waals surface area contributed by atoms with Gasteiger partial charge in [0.15, 0.2) is 0 Å². The molecule has 92 valence electrons. The van der Waals surface area contributed by atoms with Gasteiger partial charge in [-0.1, -0.05) is 32.1 Å². The summed E-state index contributed by atoms with van der Waals surface area (Å²) < 4.78 is 5.51. The van der Waals surface area contributed by atoms with Gasteiger partial charge in [-0.25, -0.2) is 0 Å². The molecule has 0 heterocycles. The van der Waals surface area contributed by atoms with Crippen molar-refractivity contribution in [3.05, 3.63) is 0 Å². The number of hydrogen-bond donors (Lipinski definition) is 0. The first-order valence-electron chi connectivity index (χ1n) is 7.04. The Morgan fingerprint density at radius 3 is 2.25 bits per heavy atom. The monoisotopic (exact) mass is 224 g/mol. The molecule has 0 aliphatic heterocycles. The van der Waals surface area contributed by atoms with Crippen molar-refractivity contribution in [3.8, 4) is 0 Å². The summed E-state index contributed by atoms with van der Waals surface area (Å²) in [5, 5.41) is 0. The molecule has 0 atom stereocenters. The molecule has 2 aliphatic carbocycles. The van der Waals surface area contributed by atoms with E-state index in [0.717, 1.165) is 25.2 Å². The zero-order chi connectivity index (χ0) is 11.2. The van der Waals surface area contributed by atoms with Crippen molar-refractivity contribution in [2.75, 3.05) is 0 Å². The minimum atomic E-state index is 0.0544. The molecule has 0 radical (unpaired) electrons. The van der Waals surface area contributed by atoms with Gasteiger partial charge in [0.2, 0.25) is 0 Å². The molecular weight excluding hydrogens is 200 g/mol. The molecule has 2 nitrogen and oxygen atoms in total. The lowest BCUT2D eigenvalue weighted by molar-refractivity contribution is -0.150. The van der Waals surface area contributed by atoms with E-state index in [1.54, 1.807) is 0 Å². The Labute approximate surface area is 98.7 Å². The highest BCUT2D eigenvalue weighted by Crippen LogP contribution is 2.29. The molecule has 0 aromatic heterocycles. The number of hydrogen-bond acceptors (Lipinski definition) is 2. The van der Waals surface area contributed by atoms with Crippen molar-refractivity contribution in [3.63, 3.8) is 0 Å². The number of esters is 1. The third-order valence-corrected chi connectivity index (χ3v) is 4.08. The Bertz CT molecular complexity index is 213. The molecular formula is C14H24O2. The van der Waals surface area contributed by atoms with Gasteiger partial charge in [-0.3, -0.25) is 4.79 Å². The van der Waals surface area contributed by atoms with E-state index in [1.165, 1.54) is 44.9 Å². The van der Waals surface area contributed by atoms with Gasteiger partial charge < -0.3 is 4.74 Å². The first-order valence-corrected chi connectivity index (χ1v) is 7.04. The van der Waals surface area contributed by atoms with E-state index in [0.29, 0.717) is 6.42 Å². The van der Waals surface area contributed by atoms with Gasteiger partial charge in [-0.15, -0.1) is 0 Å². The van der Waals surface area contributed by atoms with Gasteiger partial charge in [0.05, 0.1) is 0 Å². The Kier molecular flexibility index (Phi) is 4.68. The lowest BCUT2D eigenvalue weighted by atomic mass is 9.97. The van der Waals surface area contributed by atoms with Crippen molar-refractivity contribution >= 4 is 5.97 Å². The van der Waals surface area contributed by atoms with Gasteiger partial charge in [-0.05, 0) is 38.0 Å².